The molecule has 1 heterocycles. The first-order valence-corrected chi connectivity index (χ1v) is 7.19. The van der Waals surface area contributed by atoms with Crippen LogP contribution in [-0.2, 0) is 6.18 Å². The SMILES string of the molecule is CC.Cc1ccc(NC(=O)c2cc(C(F)(F)F)ccn2)cc1C. The van der Waals surface area contributed by atoms with Gasteiger partial charge in [0, 0.05) is 11.9 Å². The first-order valence-electron chi connectivity index (χ1n) is 7.19. The lowest BCUT2D eigenvalue weighted by molar-refractivity contribution is -0.137. The van der Waals surface area contributed by atoms with Crippen molar-refractivity contribution in [2.24, 2.45) is 0 Å². The minimum atomic E-state index is -4.50. The summed E-state index contributed by atoms with van der Waals surface area (Å²) >= 11 is 0. The number of carbonyl (C=O) groups is 1. The van der Waals surface area contributed by atoms with Crippen molar-refractivity contribution < 1.29 is 18.0 Å². The molecule has 0 saturated carbocycles. The lowest BCUT2D eigenvalue weighted by atomic mass is 10.1. The summed E-state index contributed by atoms with van der Waals surface area (Å²) in [6, 6.07) is 6.82. The van der Waals surface area contributed by atoms with E-state index in [9.17, 15) is 18.0 Å². The molecule has 1 aromatic carbocycles. The molecule has 23 heavy (non-hydrogen) atoms. The molecule has 2 rings (SSSR count). The van der Waals surface area contributed by atoms with E-state index in [4.69, 9.17) is 0 Å². The molecule has 0 aliphatic carbocycles. The molecule has 6 heteroatoms. The maximum atomic E-state index is 12.6. The summed E-state index contributed by atoms with van der Waals surface area (Å²) in [5.41, 5.74) is 1.38. The molecule has 0 saturated heterocycles. The van der Waals surface area contributed by atoms with Gasteiger partial charge in [-0.2, -0.15) is 13.2 Å². The zero-order valence-electron chi connectivity index (χ0n) is 13.5. The minimum absolute atomic E-state index is 0.275. The number of hydrogen-bond donors (Lipinski definition) is 1. The summed E-state index contributed by atoms with van der Waals surface area (Å²) in [6.07, 6.45) is -3.53. The highest BCUT2D eigenvalue weighted by Crippen LogP contribution is 2.29. The van der Waals surface area contributed by atoms with Gasteiger partial charge in [-0.3, -0.25) is 9.78 Å². The van der Waals surface area contributed by atoms with Crippen LogP contribution in [0.2, 0.25) is 0 Å². The zero-order valence-corrected chi connectivity index (χ0v) is 13.5. The number of amides is 1. The van der Waals surface area contributed by atoms with Gasteiger partial charge in [-0.15, -0.1) is 0 Å². The van der Waals surface area contributed by atoms with E-state index in [1.807, 2.05) is 33.8 Å². The van der Waals surface area contributed by atoms with Crippen molar-refractivity contribution >= 4 is 11.6 Å². The Morgan fingerprint density at radius 2 is 1.70 bits per heavy atom. The third-order valence-corrected chi connectivity index (χ3v) is 3.08. The van der Waals surface area contributed by atoms with E-state index < -0.39 is 17.6 Å². The molecule has 0 radical (unpaired) electrons. The van der Waals surface area contributed by atoms with Gasteiger partial charge in [0.2, 0.25) is 0 Å². The minimum Gasteiger partial charge on any atom is -0.321 e. The number of halogens is 3. The standard InChI is InChI=1S/C15H13F3N2O.C2H6/c1-9-3-4-12(7-10(9)2)20-14(21)13-8-11(5-6-19-13)15(16,17)18;1-2/h3-8H,1-2H3,(H,20,21);1-2H3. The fraction of sp³-hybridized carbons (Fsp3) is 0.294. The molecule has 0 spiro atoms. The van der Waals surface area contributed by atoms with Crippen molar-refractivity contribution in [1.29, 1.82) is 0 Å². The number of anilines is 1. The van der Waals surface area contributed by atoms with Crippen LogP contribution in [0, 0.1) is 13.8 Å². The third-order valence-electron chi connectivity index (χ3n) is 3.08. The Morgan fingerprint density at radius 3 is 2.26 bits per heavy atom. The second-order valence-corrected chi connectivity index (χ2v) is 4.68. The maximum absolute atomic E-state index is 12.6. The molecule has 0 bridgehead atoms. The van der Waals surface area contributed by atoms with Crippen molar-refractivity contribution in [2.75, 3.05) is 5.32 Å². The van der Waals surface area contributed by atoms with E-state index in [2.05, 4.69) is 10.3 Å². The molecule has 2 aromatic rings. The summed E-state index contributed by atoms with van der Waals surface area (Å²) in [5.74, 6) is -0.677. The molecule has 124 valence electrons. The Hall–Kier alpha value is -2.37. The van der Waals surface area contributed by atoms with Crippen LogP contribution in [-0.4, -0.2) is 10.9 Å². The zero-order chi connectivity index (χ0) is 17.6. The molecule has 1 N–H and O–H groups in total. The first kappa shape index (κ1) is 18.7. The molecular weight excluding hydrogens is 305 g/mol. The van der Waals surface area contributed by atoms with Crippen LogP contribution in [0.4, 0.5) is 18.9 Å². The van der Waals surface area contributed by atoms with Gasteiger partial charge in [-0.05, 0) is 49.2 Å². The quantitative estimate of drug-likeness (QED) is 0.845. The number of nitrogens with zero attached hydrogens (tertiary/aromatic N) is 1. The van der Waals surface area contributed by atoms with Crippen molar-refractivity contribution in [3.8, 4) is 0 Å². The summed E-state index contributed by atoms with van der Waals surface area (Å²) in [7, 11) is 0. The molecule has 0 unspecified atom stereocenters. The van der Waals surface area contributed by atoms with Gasteiger partial charge in [0.15, 0.2) is 0 Å². The van der Waals surface area contributed by atoms with E-state index in [-0.39, 0.29) is 5.69 Å². The average molecular weight is 324 g/mol. The second-order valence-electron chi connectivity index (χ2n) is 4.68. The number of pyridine rings is 1. The summed E-state index contributed by atoms with van der Waals surface area (Å²) < 4.78 is 37.8. The van der Waals surface area contributed by atoms with Crippen molar-refractivity contribution in [1.82, 2.24) is 4.98 Å². The molecule has 1 amide bonds. The topological polar surface area (TPSA) is 42.0 Å². The highest BCUT2D eigenvalue weighted by atomic mass is 19.4. The van der Waals surface area contributed by atoms with Crippen molar-refractivity contribution in [2.45, 2.75) is 33.9 Å². The fourth-order valence-corrected chi connectivity index (χ4v) is 1.75. The molecule has 3 nitrogen and oxygen atoms in total. The number of hydrogen-bond acceptors (Lipinski definition) is 2. The number of rotatable bonds is 2. The molecule has 0 fully saturated rings. The van der Waals surface area contributed by atoms with Gasteiger partial charge in [-0.1, -0.05) is 19.9 Å². The fourth-order valence-electron chi connectivity index (χ4n) is 1.75. The molecular formula is C17H19F3N2O. The third kappa shape index (κ3) is 5.09. The second kappa shape index (κ2) is 7.76. The van der Waals surface area contributed by atoms with Crippen LogP contribution in [0.3, 0.4) is 0 Å². The van der Waals surface area contributed by atoms with E-state index in [1.54, 1.807) is 12.1 Å². The lowest BCUT2D eigenvalue weighted by Crippen LogP contribution is -2.15. The number of alkyl halides is 3. The number of benzene rings is 1. The lowest BCUT2D eigenvalue weighted by Gasteiger charge is -2.09. The van der Waals surface area contributed by atoms with Gasteiger partial charge in [0.1, 0.15) is 5.69 Å². The van der Waals surface area contributed by atoms with Gasteiger partial charge < -0.3 is 5.32 Å². The van der Waals surface area contributed by atoms with Crippen LogP contribution >= 0.6 is 0 Å². The van der Waals surface area contributed by atoms with Crippen LogP contribution in [0.5, 0.6) is 0 Å². The van der Waals surface area contributed by atoms with Crippen LogP contribution in [0.15, 0.2) is 36.5 Å². The van der Waals surface area contributed by atoms with Crippen molar-refractivity contribution in [3.63, 3.8) is 0 Å². The Morgan fingerprint density at radius 1 is 1.04 bits per heavy atom. The average Bonchev–Trinajstić information content (AvgIpc) is 2.52. The largest absolute Gasteiger partial charge is 0.416 e. The van der Waals surface area contributed by atoms with E-state index in [1.165, 1.54) is 0 Å². The first-order chi connectivity index (χ1) is 10.8. The molecule has 1 aromatic heterocycles. The number of aromatic nitrogens is 1. The summed E-state index contributed by atoms with van der Waals surface area (Å²) in [6.45, 7) is 7.81. The van der Waals surface area contributed by atoms with Crippen LogP contribution in [0.1, 0.15) is 41.0 Å². The Balaban J connectivity index is 0.00000127. The van der Waals surface area contributed by atoms with E-state index in [0.717, 1.165) is 29.5 Å². The molecule has 0 aliphatic rings. The number of nitrogens with one attached hydrogen (secondary N) is 1. The van der Waals surface area contributed by atoms with Gasteiger partial charge in [0.25, 0.3) is 5.91 Å². The smallest absolute Gasteiger partial charge is 0.321 e. The van der Waals surface area contributed by atoms with Crippen molar-refractivity contribution in [3.05, 3.63) is 58.9 Å². The Bertz CT molecular complexity index is 682. The Labute approximate surface area is 133 Å². The number of carbonyl (C=O) groups excluding carboxylic acids is 1. The highest BCUT2D eigenvalue weighted by Gasteiger charge is 2.31. The van der Waals surface area contributed by atoms with E-state index in [0.29, 0.717) is 5.69 Å². The van der Waals surface area contributed by atoms with Gasteiger partial charge in [0.05, 0.1) is 5.56 Å². The maximum Gasteiger partial charge on any atom is 0.416 e. The van der Waals surface area contributed by atoms with E-state index >= 15 is 0 Å². The predicted octanol–water partition coefficient (Wildman–Crippen LogP) is 5.00. The van der Waals surface area contributed by atoms with Crippen LogP contribution < -0.4 is 5.32 Å². The summed E-state index contributed by atoms with van der Waals surface area (Å²) in [4.78, 5) is 15.6. The summed E-state index contributed by atoms with van der Waals surface area (Å²) in [5, 5.41) is 2.54. The Kier molecular flexibility index (Phi) is 6.30. The van der Waals surface area contributed by atoms with Gasteiger partial charge >= 0.3 is 6.18 Å². The highest BCUT2D eigenvalue weighted by molar-refractivity contribution is 6.03. The van der Waals surface area contributed by atoms with Crippen LogP contribution in [0.25, 0.3) is 0 Å². The predicted molar refractivity (Wildman–Crippen MR) is 84.5 cm³/mol. The normalized spacial score (nSPS) is 10.6. The van der Waals surface area contributed by atoms with Gasteiger partial charge in [-0.25, -0.2) is 0 Å². The molecule has 0 aliphatic heterocycles. The number of aryl methyl sites for hydroxylation is 2. The molecule has 0 atom stereocenters. The monoisotopic (exact) mass is 324 g/mol.